The second-order valence-electron chi connectivity index (χ2n) is 3.34. The van der Waals surface area contributed by atoms with E-state index in [1.54, 1.807) is 30.5 Å². The molecule has 5 nitrogen and oxygen atoms in total. The Hall–Kier alpha value is -1.41. The summed E-state index contributed by atoms with van der Waals surface area (Å²) in [5, 5.41) is 10.9. The van der Waals surface area contributed by atoms with Crippen molar-refractivity contribution >= 4 is 46.3 Å². The van der Waals surface area contributed by atoms with Gasteiger partial charge in [-0.25, -0.2) is 5.43 Å². The maximum atomic E-state index is 11.6. The van der Waals surface area contributed by atoms with E-state index in [0.29, 0.717) is 10.7 Å². The normalized spacial score (nSPS) is 10.8. The van der Waals surface area contributed by atoms with E-state index >= 15 is 0 Å². The average molecular weight is 375 g/mol. The molecule has 2 N–H and O–H groups in total. The molecule has 1 heterocycles. The predicted octanol–water partition coefficient (Wildman–Crippen LogP) is 2.43. The zero-order chi connectivity index (χ0) is 13.0. The van der Waals surface area contributed by atoms with Crippen LogP contribution in [0.1, 0.15) is 16.1 Å². The van der Waals surface area contributed by atoms with E-state index < -0.39 is 0 Å². The first-order valence-corrected chi connectivity index (χ1v) is 6.40. The lowest BCUT2D eigenvalue weighted by Crippen LogP contribution is -2.19. The number of aromatic amines is 1. The quantitative estimate of drug-likeness (QED) is 0.492. The molecule has 0 saturated carbocycles. The summed E-state index contributed by atoms with van der Waals surface area (Å²) < 4.78 is 0.742. The molecule has 0 aliphatic heterocycles. The summed E-state index contributed by atoms with van der Waals surface area (Å²) in [6, 6.07) is 7.11. The molecule has 7 heteroatoms. The van der Waals surface area contributed by atoms with Crippen LogP contribution in [0.4, 0.5) is 0 Å². The maximum Gasteiger partial charge on any atom is 0.290 e. The van der Waals surface area contributed by atoms with E-state index in [-0.39, 0.29) is 5.91 Å². The molecule has 18 heavy (non-hydrogen) atoms. The van der Waals surface area contributed by atoms with Gasteiger partial charge in [-0.2, -0.15) is 10.2 Å². The topological polar surface area (TPSA) is 70.1 Å². The van der Waals surface area contributed by atoms with Crippen LogP contribution in [-0.2, 0) is 0 Å². The van der Waals surface area contributed by atoms with E-state index in [1.165, 1.54) is 6.21 Å². The van der Waals surface area contributed by atoms with Crippen LogP contribution in [0.3, 0.4) is 0 Å². The summed E-state index contributed by atoms with van der Waals surface area (Å²) >= 11 is 7.77. The largest absolute Gasteiger partial charge is 0.290 e. The van der Waals surface area contributed by atoms with Gasteiger partial charge in [0, 0.05) is 5.02 Å². The highest BCUT2D eigenvalue weighted by atomic mass is 127. The van der Waals surface area contributed by atoms with Crippen molar-refractivity contribution in [3.63, 3.8) is 0 Å². The van der Waals surface area contributed by atoms with Gasteiger partial charge in [-0.3, -0.25) is 9.89 Å². The number of hydrazone groups is 1. The molecule has 0 saturated heterocycles. The van der Waals surface area contributed by atoms with Crippen LogP contribution >= 0.6 is 34.2 Å². The van der Waals surface area contributed by atoms with E-state index in [0.717, 1.165) is 9.13 Å². The van der Waals surface area contributed by atoms with Gasteiger partial charge in [0.05, 0.1) is 16.0 Å². The lowest BCUT2D eigenvalue weighted by Gasteiger charge is -1.97. The first kappa shape index (κ1) is 13.0. The first-order chi connectivity index (χ1) is 8.66. The highest BCUT2D eigenvalue weighted by Crippen LogP contribution is 2.08. The van der Waals surface area contributed by atoms with E-state index in [1.807, 2.05) is 22.6 Å². The Labute approximate surface area is 122 Å². The molecule has 1 aromatic carbocycles. The molecule has 0 aliphatic carbocycles. The molecule has 0 atom stereocenters. The fraction of sp³-hybridized carbons (Fsp3) is 0. The predicted molar refractivity (Wildman–Crippen MR) is 77.8 cm³/mol. The van der Waals surface area contributed by atoms with Crippen LogP contribution < -0.4 is 5.43 Å². The molecule has 1 aromatic heterocycles. The second kappa shape index (κ2) is 5.96. The standard InChI is InChI=1S/C11H8ClIN4O/c12-8-3-1-7(2-4-8)5-14-17-11(18)10-9(13)6-15-16-10/h1-6H,(H,15,16)(H,17,18)/b14-5+. The second-order valence-corrected chi connectivity index (χ2v) is 4.94. The molecule has 2 rings (SSSR count). The summed E-state index contributed by atoms with van der Waals surface area (Å²) in [5.74, 6) is -0.331. The highest BCUT2D eigenvalue weighted by Gasteiger charge is 2.10. The number of nitrogens with zero attached hydrogens (tertiary/aromatic N) is 2. The van der Waals surface area contributed by atoms with Crippen LogP contribution in [0.15, 0.2) is 35.6 Å². The van der Waals surface area contributed by atoms with Crippen molar-refractivity contribution in [2.75, 3.05) is 0 Å². The number of benzene rings is 1. The van der Waals surface area contributed by atoms with E-state index in [9.17, 15) is 4.79 Å². The average Bonchev–Trinajstić information content (AvgIpc) is 2.78. The molecule has 1 amide bonds. The summed E-state index contributed by atoms with van der Waals surface area (Å²) in [6.07, 6.45) is 3.11. The molecule has 92 valence electrons. The maximum absolute atomic E-state index is 11.6. The highest BCUT2D eigenvalue weighted by molar-refractivity contribution is 14.1. The van der Waals surface area contributed by atoms with Gasteiger partial charge in [0.15, 0.2) is 0 Å². The Morgan fingerprint density at radius 2 is 2.17 bits per heavy atom. The number of halogens is 2. The van der Waals surface area contributed by atoms with Crippen LogP contribution in [0.2, 0.25) is 5.02 Å². The fourth-order valence-corrected chi connectivity index (χ4v) is 1.83. The molecule has 0 aliphatic rings. The van der Waals surface area contributed by atoms with Crippen molar-refractivity contribution in [1.82, 2.24) is 15.6 Å². The van der Waals surface area contributed by atoms with E-state index in [4.69, 9.17) is 11.6 Å². The molecule has 0 unspecified atom stereocenters. The smallest absolute Gasteiger partial charge is 0.272 e. The SMILES string of the molecule is O=C(N/N=C/c1ccc(Cl)cc1)c1[nH]ncc1I. The minimum atomic E-state index is -0.331. The van der Waals surface area contributed by atoms with Crippen molar-refractivity contribution in [2.24, 2.45) is 5.10 Å². The number of amides is 1. The molecule has 2 aromatic rings. The number of aromatic nitrogens is 2. The van der Waals surface area contributed by atoms with Crippen LogP contribution in [0.25, 0.3) is 0 Å². The summed E-state index contributed by atoms with van der Waals surface area (Å²) in [7, 11) is 0. The summed E-state index contributed by atoms with van der Waals surface area (Å²) in [5.41, 5.74) is 3.65. The Bertz CT molecular complexity index is 579. The Morgan fingerprint density at radius 3 is 2.78 bits per heavy atom. The molecule has 0 radical (unpaired) electrons. The summed E-state index contributed by atoms with van der Waals surface area (Å²) in [4.78, 5) is 11.6. The van der Waals surface area contributed by atoms with Gasteiger partial charge in [-0.15, -0.1) is 0 Å². The number of H-pyrrole nitrogens is 1. The lowest BCUT2D eigenvalue weighted by molar-refractivity contribution is 0.0949. The monoisotopic (exact) mass is 374 g/mol. The van der Waals surface area contributed by atoms with Crippen LogP contribution in [-0.4, -0.2) is 22.3 Å². The minimum Gasteiger partial charge on any atom is -0.272 e. The zero-order valence-corrected chi connectivity index (χ0v) is 11.9. The fourth-order valence-electron chi connectivity index (χ4n) is 1.20. The number of hydrogen-bond acceptors (Lipinski definition) is 3. The van der Waals surface area contributed by atoms with Crippen molar-refractivity contribution in [3.05, 3.63) is 50.3 Å². The Kier molecular flexibility index (Phi) is 4.32. The minimum absolute atomic E-state index is 0.331. The van der Waals surface area contributed by atoms with Crippen LogP contribution in [0.5, 0.6) is 0 Å². The van der Waals surface area contributed by atoms with Gasteiger partial charge in [-0.05, 0) is 40.3 Å². The van der Waals surface area contributed by atoms with Gasteiger partial charge in [0.25, 0.3) is 5.91 Å². The van der Waals surface area contributed by atoms with Crippen molar-refractivity contribution < 1.29 is 4.79 Å². The molecule has 0 spiro atoms. The van der Waals surface area contributed by atoms with Gasteiger partial charge in [0.1, 0.15) is 5.69 Å². The molecular formula is C11H8ClIN4O. The number of hydrogen-bond donors (Lipinski definition) is 2. The Balaban J connectivity index is 1.98. The molecule has 0 fully saturated rings. The van der Waals surface area contributed by atoms with Gasteiger partial charge < -0.3 is 0 Å². The third-order valence-electron chi connectivity index (χ3n) is 2.07. The van der Waals surface area contributed by atoms with E-state index in [2.05, 4.69) is 20.7 Å². The lowest BCUT2D eigenvalue weighted by atomic mass is 10.2. The van der Waals surface area contributed by atoms with Crippen LogP contribution in [0, 0.1) is 3.57 Å². The number of nitrogens with one attached hydrogen (secondary N) is 2. The molecule has 0 bridgehead atoms. The molecular weight excluding hydrogens is 367 g/mol. The van der Waals surface area contributed by atoms with Crippen molar-refractivity contribution in [2.45, 2.75) is 0 Å². The van der Waals surface area contributed by atoms with Crippen molar-refractivity contribution in [1.29, 1.82) is 0 Å². The number of carbonyl (C=O) groups excluding carboxylic acids is 1. The Morgan fingerprint density at radius 1 is 1.44 bits per heavy atom. The van der Waals surface area contributed by atoms with Crippen molar-refractivity contribution in [3.8, 4) is 0 Å². The summed E-state index contributed by atoms with van der Waals surface area (Å²) in [6.45, 7) is 0. The third kappa shape index (κ3) is 3.30. The zero-order valence-electron chi connectivity index (χ0n) is 9.02. The number of carbonyl (C=O) groups is 1. The first-order valence-electron chi connectivity index (χ1n) is 4.94. The van der Waals surface area contributed by atoms with Gasteiger partial charge in [0.2, 0.25) is 0 Å². The number of rotatable bonds is 3. The third-order valence-corrected chi connectivity index (χ3v) is 3.14. The van der Waals surface area contributed by atoms with Gasteiger partial charge >= 0.3 is 0 Å². The van der Waals surface area contributed by atoms with Gasteiger partial charge in [-0.1, -0.05) is 23.7 Å².